The highest BCUT2D eigenvalue weighted by atomic mass is 32.2. The van der Waals surface area contributed by atoms with Gasteiger partial charge in [0.05, 0.1) is 29.0 Å². The highest BCUT2D eigenvalue weighted by molar-refractivity contribution is 7.89. The molecule has 3 aromatic carbocycles. The maximum Gasteiger partial charge on any atom is 0.435 e. The molecule has 1 atom stereocenters. The van der Waals surface area contributed by atoms with Crippen molar-refractivity contribution in [1.29, 1.82) is 0 Å². The molecule has 6 nitrogen and oxygen atoms in total. The molecule has 0 aliphatic carbocycles. The van der Waals surface area contributed by atoms with Crippen LogP contribution in [0.1, 0.15) is 34.5 Å². The van der Waals surface area contributed by atoms with Gasteiger partial charge in [-0.3, -0.25) is 0 Å². The molecule has 0 unspecified atom stereocenters. The first-order valence-electron chi connectivity index (χ1n) is 13.0. The molecule has 4 aromatic rings. The number of aromatic nitrogens is 2. The summed E-state index contributed by atoms with van der Waals surface area (Å²) in [6.07, 6.45) is -7.46. The van der Waals surface area contributed by atoms with E-state index >= 15 is 0 Å². The first-order valence-corrected chi connectivity index (χ1v) is 14.4. The van der Waals surface area contributed by atoms with Crippen molar-refractivity contribution in [1.82, 2.24) is 14.3 Å². The fourth-order valence-electron chi connectivity index (χ4n) is 5.15. The Morgan fingerprint density at radius 1 is 0.857 bits per heavy atom. The van der Waals surface area contributed by atoms with Gasteiger partial charge < -0.3 is 9.88 Å². The molecule has 0 bridgehead atoms. The molecule has 2 heterocycles. The summed E-state index contributed by atoms with van der Waals surface area (Å²) in [6.45, 7) is -0.452. The number of nitrogens with zero attached hydrogens (tertiary/aromatic N) is 3. The van der Waals surface area contributed by atoms with E-state index in [1.807, 2.05) is 30.3 Å². The van der Waals surface area contributed by atoms with Gasteiger partial charge in [0.15, 0.2) is 5.69 Å². The average Bonchev–Trinajstić information content (AvgIpc) is 3.37. The second-order valence-electron chi connectivity index (χ2n) is 9.98. The molecular formula is C29H26F6N4O2S. The SMILES string of the molecule is O=S(=O)(c1ccc(C(F)(F)F)cc1)N1Cc2ccccc2N(Cc2[nH]cnc2C(F)(F)F)[C@H](CCc2ccccc2)C1. The number of anilines is 1. The molecule has 0 fully saturated rings. The number of alkyl halides is 6. The molecule has 0 saturated heterocycles. The van der Waals surface area contributed by atoms with Crippen LogP contribution < -0.4 is 4.90 Å². The molecule has 222 valence electrons. The Labute approximate surface area is 238 Å². The molecule has 1 aromatic heterocycles. The first kappa shape index (κ1) is 29.6. The van der Waals surface area contributed by atoms with Crippen LogP contribution in [0, 0.1) is 0 Å². The van der Waals surface area contributed by atoms with Gasteiger partial charge in [0.1, 0.15) is 0 Å². The quantitative estimate of drug-likeness (QED) is 0.238. The monoisotopic (exact) mass is 608 g/mol. The summed E-state index contributed by atoms with van der Waals surface area (Å²) < 4.78 is 109. The van der Waals surface area contributed by atoms with Crippen LogP contribution in [0.15, 0.2) is 90.1 Å². The van der Waals surface area contributed by atoms with Crippen LogP contribution in [-0.2, 0) is 41.9 Å². The van der Waals surface area contributed by atoms with Gasteiger partial charge in [-0.2, -0.15) is 30.6 Å². The van der Waals surface area contributed by atoms with E-state index in [1.54, 1.807) is 29.2 Å². The second-order valence-corrected chi connectivity index (χ2v) is 11.9. The van der Waals surface area contributed by atoms with E-state index < -0.39 is 39.7 Å². The molecule has 1 aliphatic heterocycles. The lowest BCUT2D eigenvalue weighted by molar-refractivity contribution is -0.141. The summed E-state index contributed by atoms with van der Waals surface area (Å²) in [5.74, 6) is 0. The zero-order chi connectivity index (χ0) is 30.1. The summed E-state index contributed by atoms with van der Waals surface area (Å²) >= 11 is 0. The number of fused-ring (bicyclic) bond motifs is 1. The molecule has 13 heteroatoms. The van der Waals surface area contributed by atoms with Gasteiger partial charge in [0.2, 0.25) is 10.0 Å². The van der Waals surface area contributed by atoms with Crippen molar-refractivity contribution in [3.8, 4) is 0 Å². The smallest absolute Gasteiger partial charge is 0.361 e. The first-order chi connectivity index (χ1) is 19.8. The Hall–Kier alpha value is -3.84. The number of nitrogens with one attached hydrogen (secondary N) is 1. The van der Waals surface area contributed by atoms with Gasteiger partial charge in [-0.15, -0.1) is 0 Å². The number of benzene rings is 3. The van der Waals surface area contributed by atoms with E-state index in [2.05, 4.69) is 9.97 Å². The van der Waals surface area contributed by atoms with Crippen LogP contribution in [0.25, 0.3) is 0 Å². The fourth-order valence-corrected chi connectivity index (χ4v) is 6.61. The standard InChI is InChI=1S/C29H26F6N4O2S/c30-28(31,32)22-11-14-24(15-12-22)42(40,41)38-16-21-8-4-5-9-26(21)39(18-25-27(29(33,34)35)37-19-36-25)23(17-38)13-10-20-6-2-1-3-7-20/h1-9,11-12,14-15,19,23H,10,13,16-18H2,(H,36,37)/t23-/m1/s1. The molecule has 0 saturated carbocycles. The normalized spacial score (nSPS) is 16.7. The maximum atomic E-state index is 13.8. The van der Waals surface area contributed by atoms with Crippen molar-refractivity contribution in [2.45, 2.75) is 49.2 Å². The lowest BCUT2D eigenvalue weighted by Gasteiger charge is -2.34. The lowest BCUT2D eigenvalue weighted by atomic mass is 10.0. The highest BCUT2D eigenvalue weighted by Crippen LogP contribution is 2.36. The number of sulfonamides is 1. The molecule has 42 heavy (non-hydrogen) atoms. The van der Waals surface area contributed by atoms with Crippen molar-refractivity contribution in [3.05, 3.63) is 113 Å². The van der Waals surface area contributed by atoms with E-state index in [-0.39, 0.29) is 30.2 Å². The van der Waals surface area contributed by atoms with Crippen LogP contribution in [-0.4, -0.2) is 35.3 Å². The number of aryl methyl sites for hydroxylation is 1. The molecule has 5 rings (SSSR count). The molecule has 1 aliphatic rings. The van der Waals surface area contributed by atoms with Crippen molar-refractivity contribution < 1.29 is 34.8 Å². The van der Waals surface area contributed by atoms with Gasteiger partial charge in [-0.1, -0.05) is 48.5 Å². The Bertz CT molecular complexity index is 1620. The Balaban J connectivity index is 1.55. The predicted molar refractivity (Wildman–Crippen MR) is 144 cm³/mol. The van der Waals surface area contributed by atoms with Gasteiger partial charge in [-0.25, -0.2) is 13.4 Å². The van der Waals surface area contributed by atoms with E-state index in [0.717, 1.165) is 36.2 Å². The maximum absolute atomic E-state index is 13.8. The number of imidazole rings is 1. The van der Waals surface area contributed by atoms with Crippen LogP contribution >= 0.6 is 0 Å². The highest BCUT2D eigenvalue weighted by Gasteiger charge is 2.39. The number of hydrogen-bond acceptors (Lipinski definition) is 4. The predicted octanol–water partition coefficient (Wildman–Crippen LogP) is 6.66. The lowest BCUT2D eigenvalue weighted by Crippen LogP contribution is -2.44. The van der Waals surface area contributed by atoms with Crippen LogP contribution in [0.4, 0.5) is 32.0 Å². The minimum Gasteiger partial charge on any atom is -0.361 e. The Morgan fingerprint density at radius 3 is 2.19 bits per heavy atom. The van der Waals surface area contributed by atoms with Crippen molar-refractivity contribution in [2.75, 3.05) is 11.4 Å². The molecule has 0 radical (unpaired) electrons. The van der Waals surface area contributed by atoms with Gasteiger partial charge in [-0.05, 0) is 54.3 Å². The van der Waals surface area contributed by atoms with Gasteiger partial charge in [0, 0.05) is 24.8 Å². The third-order valence-electron chi connectivity index (χ3n) is 7.25. The largest absolute Gasteiger partial charge is 0.435 e. The number of hydrogen-bond donors (Lipinski definition) is 1. The fraction of sp³-hybridized carbons (Fsp3) is 0.276. The third-order valence-corrected chi connectivity index (χ3v) is 9.07. The van der Waals surface area contributed by atoms with Crippen LogP contribution in [0.5, 0.6) is 0 Å². The topological polar surface area (TPSA) is 69.3 Å². The second kappa shape index (κ2) is 11.4. The number of rotatable bonds is 7. The van der Waals surface area contributed by atoms with E-state index in [1.165, 1.54) is 4.31 Å². The number of halogens is 6. The Morgan fingerprint density at radius 2 is 1.52 bits per heavy atom. The molecule has 0 amide bonds. The molecular weight excluding hydrogens is 582 g/mol. The third kappa shape index (κ3) is 6.31. The number of aromatic amines is 1. The van der Waals surface area contributed by atoms with Crippen molar-refractivity contribution in [2.24, 2.45) is 0 Å². The van der Waals surface area contributed by atoms with Crippen LogP contribution in [0.3, 0.4) is 0 Å². The van der Waals surface area contributed by atoms with E-state index in [9.17, 15) is 34.8 Å². The molecule has 0 spiro atoms. The van der Waals surface area contributed by atoms with Gasteiger partial charge >= 0.3 is 12.4 Å². The summed E-state index contributed by atoms with van der Waals surface area (Å²) in [7, 11) is -4.28. The van der Waals surface area contributed by atoms with Crippen molar-refractivity contribution >= 4 is 15.7 Å². The van der Waals surface area contributed by atoms with Crippen LogP contribution in [0.2, 0.25) is 0 Å². The summed E-state index contributed by atoms with van der Waals surface area (Å²) in [6, 6.07) is 18.9. The Kier molecular flexibility index (Phi) is 8.08. The summed E-state index contributed by atoms with van der Waals surface area (Å²) in [5, 5.41) is 0. The zero-order valence-electron chi connectivity index (χ0n) is 22.0. The van der Waals surface area contributed by atoms with Gasteiger partial charge in [0.25, 0.3) is 0 Å². The number of H-pyrrole nitrogens is 1. The van der Waals surface area contributed by atoms with Crippen molar-refractivity contribution in [3.63, 3.8) is 0 Å². The minimum atomic E-state index is -4.70. The van der Waals surface area contributed by atoms with E-state index in [4.69, 9.17) is 0 Å². The summed E-state index contributed by atoms with van der Waals surface area (Å²) in [5.41, 5.74) is -0.132. The number of para-hydroxylation sites is 1. The minimum absolute atomic E-state index is 0.111. The molecule has 1 N–H and O–H groups in total. The average molecular weight is 609 g/mol. The summed E-state index contributed by atoms with van der Waals surface area (Å²) in [4.78, 5) is 7.51. The zero-order valence-corrected chi connectivity index (χ0v) is 22.8. The van der Waals surface area contributed by atoms with E-state index in [0.29, 0.717) is 24.1 Å².